The number of hydrogen-bond donors (Lipinski definition) is 4. The molecule has 35 heavy (non-hydrogen) atoms. The lowest BCUT2D eigenvalue weighted by Crippen LogP contribution is -2.37. The lowest BCUT2D eigenvalue weighted by molar-refractivity contribution is -0.137. The van der Waals surface area contributed by atoms with Crippen molar-refractivity contribution in [2.75, 3.05) is 12.0 Å². The van der Waals surface area contributed by atoms with E-state index in [9.17, 15) is 14.7 Å². The van der Waals surface area contributed by atoms with Crippen molar-refractivity contribution in [1.29, 1.82) is 0 Å². The highest BCUT2D eigenvalue weighted by atomic mass is 32.2. The lowest BCUT2D eigenvalue weighted by atomic mass is 9.93. The van der Waals surface area contributed by atoms with Gasteiger partial charge < -0.3 is 21.3 Å². The van der Waals surface area contributed by atoms with Crippen LogP contribution < -0.4 is 11.1 Å². The Hall–Kier alpha value is -2.35. The largest absolute Gasteiger partial charge is 0.481 e. The fourth-order valence-electron chi connectivity index (χ4n) is 3.83. The highest BCUT2D eigenvalue weighted by Gasteiger charge is 2.20. The number of amides is 1. The molecule has 0 aliphatic carbocycles. The number of nitrogens with one attached hydrogen (secondary N) is 1. The average Bonchev–Trinajstić information content (AvgIpc) is 2.83. The van der Waals surface area contributed by atoms with Gasteiger partial charge in [0.2, 0.25) is 0 Å². The molecule has 0 radical (unpaired) electrons. The number of aryl methyl sites for hydroxylation is 1. The maximum absolute atomic E-state index is 12.9. The summed E-state index contributed by atoms with van der Waals surface area (Å²) >= 11 is 1.61. The number of carboxylic acids is 1. The summed E-state index contributed by atoms with van der Waals surface area (Å²) in [5.41, 5.74) is 9.55. The van der Waals surface area contributed by atoms with Crippen LogP contribution in [0.4, 0.5) is 0 Å². The second kappa shape index (κ2) is 17.1. The quantitative estimate of drug-likeness (QED) is 0.292. The van der Waals surface area contributed by atoms with E-state index in [0.717, 1.165) is 22.4 Å². The van der Waals surface area contributed by atoms with Crippen molar-refractivity contribution >= 4 is 23.6 Å². The van der Waals surface area contributed by atoms with Crippen LogP contribution >= 0.6 is 11.8 Å². The van der Waals surface area contributed by atoms with Gasteiger partial charge in [0, 0.05) is 17.6 Å². The number of benzene rings is 2. The molecule has 0 bridgehead atoms. The molecule has 0 aliphatic heterocycles. The second-order valence-corrected chi connectivity index (χ2v) is 9.73. The summed E-state index contributed by atoms with van der Waals surface area (Å²) in [7, 11) is 0. The zero-order valence-corrected chi connectivity index (χ0v) is 22.4. The zero-order chi connectivity index (χ0) is 26.2. The summed E-state index contributed by atoms with van der Waals surface area (Å²) in [6, 6.07) is 13.0. The first kappa shape index (κ1) is 30.7. The number of carboxylic acid groups (broad SMARTS) is 1. The molecular weight excluding hydrogens is 460 g/mol. The molecule has 0 fully saturated rings. The minimum absolute atomic E-state index is 0.110. The Morgan fingerprint density at radius 1 is 1.03 bits per heavy atom. The minimum Gasteiger partial charge on any atom is -0.481 e. The van der Waals surface area contributed by atoms with E-state index >= 15 is 0 Å². The van der Waals surface area contributed by atoms with Crippen LogP contribution in [0.25, 0.3) is 11.1 Å². The summed E-state index contributed by atoms with van der Waals surface area (Å²) in [5.74, 6) is -0.465. The summed E-state index contributed by atoms with van der Waals surface area (Å²) in [6.07, 6.45) is 7.25. The number of hydrogen-bond acceptors (Lipinski definition) is 5. The predicted molar refractivity (Wildman–Crippen MR) is 147 cm³/mol. The number of thioether (sulfide) groups is 1. The summed E-state index contributed by atoms with van der Waals surface area (Å²) in [6.45, 7) is 6.20. The molecule has 1 amide bonds. The Morgan fingerprint density at radius 2 is 1.69 bits per heavy atom. The fraction of sp³-hybridized carbons (Fsp3) is 0.500. The molecule has 0 aromatic heterocycles. The fourth-order valence-corrected chi connectivity index (χ4v) is 4.35. The number of aliphatic hydroxyl groups excluding tert-OH is 1. The summed E-state index contributed by atoms with van der Waals surface area (Å²) < 4.78 is 0. The number of aliphatic hydroxyl groups is 1. The number of aliphatic carboxylic acids is 1. The first-order valence-corrected chi connectivity index (χ1v) is 13.7. The smallest absolute Gasteiger partial charge is 0.305 e. The van der Waals surface area contributed by atoms with E-state index in [-0.39, 0.29) is 18.9 Å². The van der Waals surface area contributed by atoms with Crippen LogP contribution in [0.5, 0.6) is 0 Å². The van der Waals surface area contributed by atoms with E-state index in [1.165, 1.54) is 25.7 Å². The van der Waals surface area contributed by atoms with Gasteiger partial charge in [0.15, 0.2) is 0 Å². The number of carbonyl (C=O) groups excluding carboxylic acids is 1. The lowest BCUT2D eigenvalue weighted by Gasteiger charge is -2.19. The standard InChI is InChI=1S/C21H25NO4S.C7H17N/c1-14-5-3-4-6-17(14)19-11-15(13-23)7-8-18(19)21(26)22-16(9-10-27-2)12-20(24)25;1-3-5-7(8)6-4-2/h3-8,11,16,23H,9-10,12-13H2,1-2H3,(H,22,26)(H,24,25);7H,3-6,8H2,1-2H3. The normalized spacial score (nSPS) is 11.5. The molecule has 2 rings (SSSR count). The van der Waals surface area contributed by atoms with E-state index in [0.29, 0.717) is 23.6 Å². The molecule has 0 heterocycles. The summed E-state index contributed by atoms with van der Waals surface area (Å²) in [4.78, 5) is 24.1. The summed E-state index contributed by atoms with van der Waals surface area (Å²) in [5, 5.41) is 21.5. The molecule has 7 heteroatoms. The van der Waals surface area contributed by atoms with Crippen molar-refractivity contribution in [2.45, 2.75) is 78.0 Å². The van der Waals surface area contributed by atoms with Gasteiger partial charge in [0.25, 0.3) is 5.91 Å². The van der Waals surface area contributed by atoms with Crippen LogP contribution in [0.15, 0.2) is 42.5 Å². The molecule has 2 aromatic carbocycles. The van der Waals surface area contributed by atoms with Gasteiger partial charge >= 0.3 is 5.97 Å². The molecule has 0 spiro atoms. The van der Waals surface area contributed by atoms with E-state index in [1.807, 2.05) is 43.5 Å². The van der Waals surface area contributed by atoms with Gasteiger partial charge in [-0.05, 0) is 72.6 Å². The highest BCUT2D eigenvalue weighted by Crippen LogP contribution is 2.28. The third-order valence-electron chi connectivity index (χ3n) is 5.69. The van der Waals surface area contributed by atoms with Gasteiger partial charge in [-0.25, -0.2) is 0 Å². The van der Waals surface area contributed by atoms with Gasteiger partial charge in [-0.2, -0.15) is 11.8 Å². The minimum atomic E-state index is -0.934. The molecule has 1 atom stereocenters. The third kappa shape index (κ3) is 11.3. The van der Waals surface area contributed by atoms with Gasteiger partial charge in [0.05, 0.1) is 13.0 Å². The number of rotatable bonds is 13. The van der Waals surface area contributed by atoms with E-state index in [1.54, 1.807) is 23.9 Å². The van der Waals surface area contributed by atoms with Crippen molar-refractivity contribution in [3.63, 3.8) is 0 Å². The van der Waals surface area contributed by atoms with E-state index in [2.05, 4.69) is 19.2 Å². The van der Waals surface area contributed by atoms with E-state index in [4.69, 9.17) is 10.8 Å². The second-order valence-electron chi connectivity index (χ2n) is 8.74. The topological polar surface area (TPSA) is 113 Å². The van der Waals surface area contributed by atoms with Crippen LogP contribution in [-0.2, 0) is 11.4 Å². The SMILES string of the molecule is CCCC(N)CCC.CSCCC(CC(=O)O)NC(=O)c1ccc(CO)cc1-c1ccccc1C. The zero-order valence-electron chi connectivity index (χ0n) is 21.5. The van der Waals surface area contributed by atoms with Gasteiger partial charge in [-0.3, -0.25) is 9.59 Å². The van der Waals surface area contributed by atoms with Crippen LogP contribution in [0, 0.1) is 6.92 Å². The Kier molecular flexibility index (Phi) is 15.0. The van der Waals surface area contributed by atoms with Crippen LogP contribution in [0.1, 0.15) is 73.9 Å². The highest BCUT2D eigenvalue weighted by molar-refractivity contribution is 7.98. The molecule has 5 N–H and O–H groups in total. The first-order valence-electron chi connectivity index (χ1n) is 12.3. The molecule has 1 unspecified atom stereocenters. The van der Waals surface area contributed by atoms with Gasteiger partial charge in [-0.15, -0.1) is 0 Å². The van der Waals surface area contributed by atoms with Gasteiger partial charge in [-0.1, -0.05) is 57.0 Å². The van der Waals surface area contributed by atoms with Crippen molar-refractivity contribution < 1.29 is 19.8 Å². The maximum Gasteiger partial charge on any atom is 0.305 e. The van der Waals surface area contributed by atoms with Crippen molar-refractivity contribution in [3.8, 4) is 11.1 Å². The van der Waals surface area contributed by atoms with E-state index < -0.39 is 12.0 Å². The van der Waals surface area contributed by atoms with Crippen LogP contribution in [0.2, 0.25) is 0 Å². The maximum atomic E-state index is 12.9. The molecule has 6 nitrogen and oxygen atoms in total. The Bertz CT molecular complexity index is 914. The van der Waals surface area contributed by atoms with Crippen molar-refractivity contribution in [1.82, 2.24) is 5.32 Å². The average molecular weight is 503 g/mol. The first-order chi connectivity index (χ1) is 16.8. The molecule has 0 saturated heterocycles. The molecule has 194 valence electrons. The molecule has 2 aromatic rings. The molecular formula is C28H42N2O4S. The number of carbonyl (C=O) groups is 2. The Balaban J connectivity index is 0.000000658. The molecule has 0 aliphatic rings. The Labute approximate surface area is 214 Å². The Morgan fingerprint density at radius 3 is 2.23 bits per heavy atom. The van der Waals surface area contributed by atoms with Crippen LogP contribution in [-0.4, -0.2) is 46.2 Å². The monoisotopic (exact) mass is 502 g/mol. The third-order valence-corrected chi connectivity index (χ3v) is 6.34. The van der Waals surface area contributed by atoms with Crippen molar-refractivity contribution in [2.24, 2.45) is 5.73 Å². The van der Waals surface area contributed by atoms with Crippen molar-refractivity contribution in [3.05, 3.63) is 59.2 Å². The van der Waals surface area contributed by atoms with Gasteiger partial charge in [0.1, 0.15) is 0 Å². The van der Waals surface area contributed by atoms with Crippen LogP contribution in [0.3, 0.4) is 0 Å². The number of nitrogens with two attached hydrogens (primary N) is 1. The predicted octanol–water partition coefficient (Wildman–Crippen LogP) is 5.39. The molecule has 0 saturated carbocycles.